The van der Waals surface area contributed by atoms with Gasteiger partial charge in [0.1, 0.15) is 0 Å². The molecule has 4 rings (SSSR count). The highest BCUT2D eigenvalue weighted by atomic mass is 35.5. The number of hydrogen-bond donors (Lipinski definition) is 3. The van der Waals surface area contributed by atoms with E-state index in [-0.39, 0.29) is 10.8 Å². The summed E-state index contributed by atoms with van der Waals surface area (Å²) in [5.74, 6) is -2.81. The molecule has 14 heteroatoms. The Bertz CT molecular complexity index is 1250. The standard InChI is InChI=1S/C23H29ClN4O3S.C2HF3O2/c24-19-6-8-20(9-7-19)32(30,31)26-21-17-18(23(29)28-13-3-1-2-4-14-28)5-10-22(21)27-15-11-25-12-16-27;3-2(4,5)1(6)7/h5-10,17,25-26H,1-4,11-16H2;(H,6,7). The van der Waals surface area contributed by atoms with Crippen LogP contribution in [0.1, 0.15) is 36.0 Å². The summed E-state index contributed by atoms with van der Waals surface area (Å²) in [6, 6.07) is 11.4. The largest absolute Gasteiger partial charge is 0.490 e. The quantitative estimate of drug-likeness (QED) is 0.477. The molecule has 2 aliphatic heterocycles. The molecule has 0 spiro atoms. The summed E-state index contributed by atoms with van der Waals surface area (Å²) in [4.78, 5) is 26.2. The number of halogens is 4. The third kappa shape index (κ3) is 8.73. The van der Waals surface area contributed by atoms with Crippen LogP contribution in [0.25, 0.3) is 0 Å². The molecule has 0 aliphatic carbocycles. The summed E-state index contributed by atoms with van der Waals surface area (Å²) < 4.78 is 60.7. The van der Waals surface area contributed by atoms with Gasteiger partial charge in [-0.25, -0.2) is 13.2 Å². The number of carbonyl (C=O) groups is 2. The van der Waals surface area contributed by atoms with E-state index in [0.717, 1.165) is 70.6 Å². The lowest BCUT2D eigenvalue weighted by Crippen LogP contribution is -2.43. The first kappa shape index (κ1) is 30.5. The van der Waals surface area contributed by atoms with Crippen molar-refractivity contribution in [3.05, 3.63) is 53.1 Å². The number of piperazine rings is 1. The van der Waals surface area contributed by atoms with Gasteiger partial charge in [-0.1, -0.05) is 24.4 Å². The second kappa shape index (κ2) is 13.4. The third-order valence-electron chi connectivity index (χ3n) is 6.21. The molecule has 2 aromatic rings. The Kier molecular flexibility index (Phi) is 10.4. The number of carboxylic acid groups (broad SMARTS) is 1. The first-order chi connectivity index (χ1) is 18.4. The summed E-state index contributed by atoms with van der Waals surface area (Å²) in [6.45, 7) is 4.63. The fourth-order valence-corrected chi connectivity index (χ4v) is 5.40. The van der Waals surface area contributed by atoms with E-state index >= 15 is 0 Å². The molecule has 9 nitrogen and oxygen atoms in total. The molecule has 2 heterocycles. The van der Waals surface area contributed by atoms with Gasteiger partial charge in [-0.15, -0.1) is 0 Å². The van der Waals surface area contributed by atoms with Crippen molar-refractivity contribution in [1.82, 2.24) is 10.2 Å². The predicted octanol–water partition coefficient (Wildman–Crippen LogP) is 4.20. The van der Waals surface area contributed by atoms with E-state index in [9.17, 15) is 26.4 Å². The molecular weight excluding hydrogens is 561 g/mol. The SMILES string of the molecule is O=C(O)C(F)(F)F.O=C(c1ccc(N2CCNCC2)c(NS(=O)(=O)c2ccc(Cl)cc2)c1)N1CCCCCC1. The molecule has 2 saturated heterocycles. The van der Waals surface area contributed by atoms with E-state index in [0.29, 0.717) is 16.3 Å². The molecule has 2 aromatic carbocycles. The highest BCUT2D eigenvalue weighted by molar-refractivity contribution is 7.92. The highest BCUT2D eigenvalue weighted by Gasteiger charge is 2.38. The summed E-state index contributed by atoms with van der Waals surface area (Å²) in [5.41, 5.74) is 1.69. The summed E-state index contributed by atoms with van der Waals surface area (Å²) in [5, 5.41) is 10.9. The number of rotatable bonds is 5. The van der Waals surface area contributed by atoms with Gasteiger partial charge < -0.3 is 20.2 Å². The number of hydrogen-bond acceptors (Lipinski definition) is 6. The van der Waals surface area contributed by atoms with Crippen LogP contribution in [0, 0.1) is 0 Å². The number of nitrogens with zero attached hydrogens (tertiary/aromatic N) is 2. The van der Waals surface area contributed by atoms with E-state index in [1.165, 1.54) is 12.1 Å². The second-order valence-corrected chi connectivity index (χ2v) is 11.2. The van der Waals surface area contributed by atoms with Crippen molar-refractivity contribution in [3.8, 4) is 0 Å². The van der Waals surface area contributed by atoms with E-state index in [1.54, 1.807) is 18.2 Å². The van der Waals surface area contributed by atoms with Crippen LogP contribution in [0.5, 0.6) is 0 Å². The van der Waals surface area contributed by atoms with Crippen LogP contribution in [-0.2, 0) is 14.8 Å². The molecule has 39 heavy (non-hydrogen) atoms. The number of sulfonamides is 1. The molecule has 1 amide bonds. The number of anilines is 2. The molecule has 0 atom stereocenters. The van der Waals surface area contributed by atoms with Gasteiger partial charge in [-0.05, 0) is 55.3 Å². The van der Waals surface area contributed by atoms with Gasteiger partial charge in [0, 0.05) is 49.9 Å². The van der Waals surface area contributed by atoms with Gasteiger partial charge >= 0.3 is 12.1 Å². The summed E-state index contributed by atoms with van der Waals surface area (Å²) in [7, 11) is -3.84. The number of nitrogens with one attached hydrogen (secondary N) is 2. The zero-order valence-electron chi connectivity index (χ0n) is 21.0. The first-order valence-electron chi connectivity index (χ1n) is 12.4. The fraction of sp³-hybridized carbons (Fsp3) is 0.440. The molecule has 0 saturated carbocycles. The van der Waals surface area contributed by atoms with Crippen molar-refractivity contribution in [2.45, 2.75) is 36.8 Å². The third-order valence-corrected chi connectivity index (χ3v) is 7.84. The first-order valence-corrected chi connectivity index (χ1v) is 14.2. The van der Waals surface area contributed by atoms with E-state index in [2.05, 4.69) is 14.9 Å². The number of likely N-dealkylation sites (tertiary alicyclic amines) is 1. The minimum Gasteiger partial charge on any atom is -0.475 e. The zero-order chi connectivity index (χ0) is 28.6. The zero-order valence-corrected chi connectivity index (χ0v) is 22.6. The van der Waals surface area contributed by atoms with E-state index in [4.69, 9.17) is 21.5 Å². The van der Waals surface area contributed by atoms with Crippen LogP contribution >= 0.6 is 11.6 Å². The highest BCUT2D eigenvalue weighted by Crippen LogP contribution is 2.31. The normalized spacial score (nSPS) is 16.5. The number of amides is 1. The van der Waals surface area contributed by atoms with E-state index in [1.807, 2.05) is 17.0 Å². The van der Waals surface area contributed by atoms with Crippen LogP contribution in [0.15, 0.2) is 47.4 Å². The Balaban J connectivity index is 0.000000532. The summed E-state index contributed by atoms with van der Waals surface area (Å²) >= 11 is 5.92. The maximum Gasteiger partial charge on any atom is 0.490 e. The summed E-state index contributed by atoms with van der Waals surface area (Å²) in [6.07, 6.45) is -0.809. The fourth-order valence-electron chi connectivity index (χ4n) is 4.21. The van der Waals surface area contributed by atoms with Crippen molar-refractivity contribution in [2.75, 3.05) is 48.9 Å². The van der Waals surface area contributed by atoms with Gasteiger partial charge in [0.25, 0.3) is 15.9 Å². The van der Waals surface area contributed by atoms with Crippen LogP contribution in [0.3, 0.4) is 0 Å². The number of aliphatic carboxylic acids is 1. The lowest BCUT2D eigenvalue weighted by Gasteiger charge is -2.31. The average Bonchev–Trinajstić information content (AvgIpc) is 3.18. The average molecular weight is 591 g/mol. The Morgan fingerprint density at radius 3 is 2.03 bits per heavy atom. The van der Waals surface area contributed by atoms with Crippen LogP contribution in [0.4, 0.5) is 24.5 Å². The lowest BCUT2D eigenvalue weighted by molar-refractivity contribution is -0.192. The Labute approximate surface area is 230 Å². The molecular formula is C25H30ClF3N4O5S. The van der Waals surface area contributed by atoms with Crippen molar-refractivity contribution in [3.63, 3.8) is 0 Å². The maximum absolute atomic E-state index is 13.2. The molecule has 0 radical (unpaired) electrons. The van der Waals surface area contributed by atoms with Crippen LogP contribution in [-0.4, -0.2) is 75.7 Å². The molecule has 2 aliphatic rings. The topological polar surface area (TPSA) is 119 Å². The molecule has 3 N–H and O–H groups in total. The van der Waals surface area contributed by atoms with Crippen molar-refractivity contribution in [2.24, 2.45) is 0 Å². The maximum atomic E-state index is 13.2. The predicted molar refractivity (Wildman–Crippen MR) is 142 cm³/mol. The molecule has 0 bridgehead atoms. The van der Waals surface area contributed by atoms with Gasteiger partial charge in [0.2, 0.25) is 0 Å². The smallest absolute Gasteiger partial charge is 0.475 e. The second-order valence-electron chi connectivity index (χ2n) is 9.04. The van der Waals surface area contributed by atoms with Crippen LogP contribution in [0.2, 0.25) is 5.02 Å². The van der Waals surface area contributed by atoms with Gasteiger partial charge in [0.15, 0.2) is 0 Å². The van der Waals surface area contributed by atoms with Crippen molar-refractivity contribution >= 4 is 44.9 Å². The number of carboxylic acids is 1. The lowest BCUT2D eigenvalue weighted by atomic mass is 10.1. The Morgan fingerprint density at radius 2 is 1.49 bits per heavy atom. The van der Waals surface area contributed by atoms with Gasteiger partial charge in [0.05, 0.1) is 16.3 Å². The monoisotopic (exact) mass is 590 g/mol. The molecule has 2 fully saturated rings. The Hall–Kier alpha value is -3.03. The molecule has 214 valence electrons. The molecule has 0 aromatic heterocycles. The van der Waals surface area contributed by atoms with E-state index < -0.39 is 22.2 Å². The van der Waals surface area contributed by atoms with Crippen LogP contribution < -0.4 is 14.9 Å². The number of alkyl halides is 3. The number of carbonyl (C=O) groups excluding carboxylic acids is 1. The molecule has 0 unspecified atom stereocenters. The van der Waals surface area contributed by atoms with Gasteiger partial charge in [-0.2, -0.15) is 13.2 Å². The Morgan fingerprint density at radius 1 is 0.923 bits per heavy atom. The van der Waals surface area contributed by atoms with Gasteiger partial charge in [-0.3, -0.25) is 9.52 Å². The van der Waals surface area contributed by atoms with Crippen molar-refractivity contribution in [1.29, 1.82) is 0 Å². The number of benzene rings is 2. The van der Waals surface area contributed by atoms with Crippen molar-refractivity contribution < 1.29 is 36.3 Å². The minimum absolute atomic E-state index is 0.0503. The minimum atomic E-state index is -5.08.